The van der Waals surface area contributed by atoms with Crippen molar-refractivity contribution in [3.63, 3.8) is 0 Å². The monoisotopic (exact) mass is 189 g/mol. The molecule has 0 heterocycles. The first kappa shape index (κ1) is 15.4. The van der Waals surface area contributed by atoms with Gasteiger partial charge in [0.2, 0.25) is 0 Å². The van der Waals surface area contributed by atoms with Crippen molar-refractivity contribution in [2.75, 3.05) is 13.6 Å². The van der Waals surface area contributed by atoms with Crippen LogP contribution in [0.25, 0.3) is 0 Å². The molecule has 0 aliphatic carbocycles. The Labute approximate surface area is 83.3 Å². The molecule has 82 valence electrons. The van der Waals surface area contributed by atoms with Gasteiger partial charge in [-0.3, -0.25) is 5.32 Å². The highest BCUT2D eigenvalue weighted by atomic mass is 15.1. The fourth-order valence-electron chi connectivity index (χ4n) is 0.760. The Balaban J connectivity index is 0. The molecule has 0 saturated heterocycles. The molecule has 0 unspecified atom stereocenters. The first-order valence-corrected chi connectivity index (χ1v) is 4.82. The summed E-state index contributed by atoms with van der Waals surface area (Å²) in [5, 5.41) is 3.26. The molecule has 0 saturated carbocycles. The summed E-state index contributed by atoms with van der Waals surface area (Å²) in [7, 11) is 1.50. The van der Waals surface area contributed by atoms with E-state index in [9.17, 15) is 0 Å². The Kier molecular flexibility index (Phi) is 7.50. The summed E-state index contributed by atoms with van der Waals surface area (Å²) in [6, 6.07) is 0. The molecule has 0 aliphatic rings. The molecule has 0 aromatic carbocycles. The Morgan fingerprint density at radius 1 is 1.00 bits per heavy atom. The Bertz CT molecular complexity index is 94.3. The smallest absolute Gasteiger partial charge is 0.0603 e. The lowest BCUT2D eigenvalue weighted by atomic mass is 9.92. The van der Waals surface area contributed by atoms with Crippen LogP contribution in [0, 0.1) is 5.41 Å². The third-order valence-corrected chi connectivity index (χ3v) is 1.46. The molecule has 0 aromatic heterocycles. The van der Waals surface area contributed by atoms with Crippen molar-refractivity contribution in [1.29, 1.82) is 0 Å². The molecule has 0 aliphatic heterocycles. The summed E-state index contributed by atoms with van der Waals surface area (Å²) < 4.78 is 0. The van der Waals surface area contributed by atoms with Crippen molar-refractivity contribution >= 4 is 0 Å². The van der Waals surface area contributed by atoms with Crippen LogP contribution in [-0.4, -0.2) is 19.3 Å². The van der Waals surface area contributed by atoms with Gasteiger partial charge in [-0.05, 0) is 39.3 Å². The standard InChI is InChI=1S/C9H22N2.CH5N/c1-8(2,3)6-7-11-9(4,5)10;1-2/h11H,6-7,10H2,1-5H3;2H2,1H3. The van der Waals surface area contributed by atoms with Crippen molar-refractivity contribution in [3.05, 3.63) is 0 Å². The van der Waals surface area contributed by atoms with Gasteiger partial charge in [0.05, 0.1) is 5.66 Å². The number of nitrogens with two attached hydrogens (primary N) is 2. The van der Waals surface area contributed by atoms with Crippen LogP contribution in [0.15, 0.2) is 0 Å². The number of rotatable bonds is 3. The van der Waals surface area contributed by atoms with Crippen molar-refractivity contribution in [2.45, 2.75) is 46.7 Å². The molecule has 0 atom stereocenters. The minimum atomic E-state index is -0.231. The largest absolute Gasteiger partial charge is 0.333 e. The van der Waals surface area contributed by atoms with Crippen LogP contribution in [0.5, 0.6) is 0 Å². The molecule has 0 aromatic rings. The van der Waals surface area contributed by atoms with E-state index in [-0.39, 0.29) is 5.66 Å². The molecule has 0 amide bonds. The molecule has 0 bridgehead atoms. The average molecular weight is 189 g/mol. The summed E-state index contributed by atoms with van der Waals surface area (Å²) in [5.41, 5.74) is 10.4. The van der Waals surface area contributed by atoms with E-state index in [0.29, 0.717) is 5.41 Å². The second-order valence-corrected chi connectivity index (χ2v) is 4.96. The first-order chi connectivity index (χ1) is 5.71. The number of hydrogen-bond donors (Lipinski definition) is 3. The third-order valence-electron chi connectivity index (χ3n) is 1.46. The third kappa shape index (κ3) is 18.7. The van der Waals surface area contributed by atoms with Gasteiger partial charge in [-0.25, -0.2) is 0 Å². The second-order valence-electron chi connectivity index (χ2n) is 4.96. The molecule has 3 nitrogen and oxygen atoms in total. The van der Waals surface area contributed by atoms with Gasteiger partial charge in [0.25, 0.3) is 0 Å². The van der Waals surface area contributed by atoms with Gasteiger partial charge in [0.15, 0.2) is 0 Å². The van der Waals surface area contributed by atoms with E-state index in [2.05, 4.69) is 31.8 Å². The van der Waals surface area contributed by atoms with Gasteiger partial charge < -0.3 is 11.5 Å². The van der Waals surface area contributed by atoms with Crippen LogP contribution in [-0.2, 0) is 0 Å². The van der Waals surface area contributed by atoms with E-state index in [1.807, 2.05) is 13.8 Å². The fraction of sp³-hybridized carbons (Fsp3) is 1.00. The zero-order valence-corrected chi connectivity index (χ0v) is 10.1. The fourth-order valence-corrected chi connectivity index (χ4v) is 0.760. The Hall–Kier alpha value is -0.120. The summed E-state index contributed by atoms with van der Waals surface area (Å²) in [6.07, 6.45) is 1.16. The van der Waals surface area contributed by atoms with Gasteiger partial charge >= 0.3 is 0 Å². The van der Waals surface area contributed by atoms with E-state index in [1.165, 1.54) is 7.05 Å². The molecule has 0 spiro atoms. The quantitative estimate of drug-likeness (QED) is 0.586. The SMILES string of the molecule is CC(C)(C)CCNC(C)(C)N.CN. The lowest BCUT2D eigenvalue weighted by Crippen LogP contribution is -2.48. The van der Waals surface area contributed by atoms with Gasteiger partial charge in [-0.1, -0.05) is 20.8 Å². The van der Waals surface area contributed by atoms with Crippen molar-refractivity contribution in [3.8, 4) is 0 Å². The Morgan fingerprint density at radius 3 is 1.62 bits per heavy atom. The summed E-state index contributed by atoms with van der Waals surface area (Å²) in [5.74, 6) is 0. The maximum atomic E-state index is 5.75. The average Bonchev–Trinajstić information content (AvgIpc) is 1.86. The lowest BCUT2D eigenvalue weighted by Gasteiger charge is -2.24. The normalized spacial score (nSPS) is 12.0. The highest BCUT2D eigenvalue weighted by molar-refractivity contribution is 4.70. The van der Waals surface area contributed by atoms with Crippen LogP contribution < -0.4 is 16.8 Å². The summed E-state index contributed by atoms with van der Waals surface area (Å²) in [4.78, 5) is 0. The van der Waals surface area contributed by atoms with Crippen molar-refractivity contribution in [2.24, 2.45) is 16.9 Å². The lowest BCUT2D eigenvalue weighted by molar-refractivity contribution is 0.324. The maximum Gasteiger partial charge on any atom is 0.0603 e. The van der Waals surface area contributed by atoms with Gasteiger partial charge in [-0.2, -0.15) is 0 Å². The van der Waals surface area contributed by atoms with Crippen LogP contribution in [0.3, 0.4) is 0 Å². The molecule has 13 heavy (non-hydrogen) atoms. The minimum absolute atomic E-state index is 0.231. The van der Waals surface area contributed by atoms with E-state index < -0.39 is 0 Å². The predicted octanol–water partition coefficient (Wildman–Crippen LogP) is 1.28. The van der Waals surface area contributed by atoms with E-state index >= 15 is 0 Å². The topological polar surface area (TPSA) is 64.1 Å². The molecule has 0 rings (SSSR count). The number of nitrogens with one attached hydrogen (secondary N) is 1. The zero-order chi connectivity index (χ0) is 11.1. The first-order valence-electron chi connectivity index (χ1n) is 4.82. The predicted molar refractivity (Wildman–Crippen MR) is 60.5 cm³/mol. The number of hydrogen-bond acceptors (Lipinski definition) is 3. The Morgan fingerprint density at radius 2 is 1.38 bits per heavy atom. The molecule has 0 radical (unpaired) electrons. The minimum Gasteiger partial charge on any atom is -0.333 e. The van der Waals surface area contributed by atoms with E-state index in [1.54, 1.807) is 0 Å². The molecular formula is C10H27N3. The summed E-state index contributed by atoms with van der Waals surface area (Å²) >= 11 is 0. The molecule has 5 N–H and O–H groups in total. The zero-order valence-electron chi connectivity index (χ0n) is 10.1. The second kappa shape index (κ2) is 6.35. The van der Waals surface area contributed by atoms with Crippen molar-refractivity contribution in [1.82, 2.24) is 5.32 Å². The van der Waals surface area contributed by atoms with Gasteiger partial charge in [0.1, 0.15) is 0 Å². The molecular weight excluding hydrogens is 162 g/mol. The highest BCUT2D eigenvalue weighted by Gasteiger charge is 2.13. The molecule has 0 fully saturated rings. The van der Waals surface area contributed by atoms with E-state index in [0.717, 1.165) is 13.0 Å². The van der Waals surface area contributed by atoms with Gasteiger partial charge in [-0.15, -0.1) is 0 Å². The highest BCUT2D eigenvalue weighted by Crippen LogP contribution is 2.17. The van der Waals surface area contributed by atoms with Gasteiger partial charge in [0, 0.05) is 0 Å². The van der Waals surface area contributed by atoms with Crippen LogP contribution in [0.1, 0.15) is 41.0 Å². The van der Waals surface area contributed by atoms with Crippen LogP contribution >= 0.6 is 0 Å². The maximum absolute atomic E-state index is 5.75. The van der Waals surface area contributed by atoms with Crippen LogP contribution in [0.2, 0.25) is 0 Å². The van der Waals surface area contributed by atoms with E-state index in [4.69, 9.17) is 5.73 Å². The molecule has 3 heteroatoms. The van der Waals surface area contributed by atoms with Crippen molar-refractivity contribution < 1.29 is 0 Å². The summed E-state index contributed by atoms with van der Waals surface area (Å²) in [6.45, 7) is 11.7. The van der Waals surface area contributed by atoms with Crippen LogP contribution in [0.4, 0.5) is 0 Å².